The van der Waals surface area contributed by atoms with Crippen LogP contribution in [0.15, 0.2) is 24.3 Å². The number of hydrogen-bond acceptors (Lipinski definition) is 4. The van der Waals surface area contributed by atoms with Gasteiger partial charge in [0.2, 0.25) is 0 Å². The summed E-state index contributed by atoms with van der Waals surface area (Å²) in [6.07, 6.45) is -0.604. The van der Waals surface area contributed by atoms with Crippen LogP contribution in [0.5, 0.6) is 0 Å². The molecule has 2 amide bonds. The molecule has 116 valence electrons. The highest BCUT2D eigenvalue weighted by Gasteiger charge is 2.73. The molecule has 6 nitrogen and oxygen atoms in total. The molecule has 1 aromatic rings. The Hall–Kier alpha value is -2.24. The van der Waals surface area contributed by atoms with Crippen LogP contribution in [0.3, 0.4) is 0 Å². The van der Waals surface area contributed by atoms with Gasteiger partial charge in [-0.2, -0.15) is 0 Å². The van der Waals surface area contributed by atoms with E-state index in [4.69, 9.17) is 9.47 Å². The van der Waals surface area contributed by atoms with E-state index in [1.807, 2.05) is 24.3 Å². The number of ether oxygens (including phenoxy) is 2. The third-order valence-corrected chi connectivity index (χ3v) is 4.65. The molecule has 1 aliphatic carbocycles. The zero-order chi connectivity index (χ0) is 15.4. The van der Waals surface area contributed by atoms with Gasteiger partial charge in [0.1, 0.15) is 0 Å². The second-order valence-electron chi connectivity index (χ2n) is 5.71. The predicted molar refractivity (Wildman–Crippen MR) is 77.2 cm³/mol. The van der Waals surface area contributed by atoms with Crippen molar-refractivity contribution < 1.29 is 19.1 Å². The molecule has 4 rings (SSSR count). The third-order valence-electron chi connectivity index (χ3n) is 4.65. The highest BCUT2D eigenvalue weighted by atomic mass is 16.6. The molecule has 0 aromatic heterocycles. The molecular weight excluding hydrogens is 284 g/mol. The van der Waals surface area contributed by atoms with Crippen LogP contribution in [0.2, 0.25) is 0 Å². The van der Waals surface area contributed by atoms with Crippen molar-refractivity contribution in [1.29, 1.82) is 0 Å². The van der Waals surface area contributed by atoms with Crippen LogP contribution in [-0.4, -0.2) is 47.3 Å². The highest BCUT2D eigenvalue weighted by Crippen LogP contribution is 2.64. The topological polar surface area (TPSA) is 58.6 Å². The second kappa shape index (κ2) is 4.63. The van der Waals surface area contributed by atoms with E-state index in [1.54, 1.807) is 23.6 Å². The summed E-state index contributed by atoms with van der Waals surface area (Å²) in [5.41, 5.74) is 2.24. The number of benzene rings is 1. The Bertz CT molecular complexity index is 592. The SMILES string of the molecule is CCOC(=O)N1[C@@H]2[C@@H]3[C@H](c4ccccc4[C@H]21)N3C(=O)OCC. The Morgan fingerprint density at radius 1 is 0.909 bits per heavy atom. The molecule has 3 aliphatic rings. The number of nitrogens with zero attached hydrogens (tertiary/aromatic N) is 2. The fraction of sp³-hybridized carbons (Fsp3) is 0.500. The lowest BCUT2D eigenvalue weighted by molar-refractivity contribution is 0.126. The number of amides is 2. The summed E-state index contributed by atoms with van der Waals surface area (Å²) in [6, 6.07) is 8.08. The molecule has 1 aromatic carbocycles. The number of carbonyl (C=O) groups excluding carboxylic acids is 2. The summed E-state index contributed by atoms with van der Waals surface area (Å²) in [7, 11) is 0. The fourth-order valence-electron chi connectivity index (χ4n) is 3.79. The standard InChI is InChI=1S/C16H18N2O4/c1-3-21-15(19)17-11-9-7-5-6-8-10(9)12-14(13(11)17)18(12)16(20)22-4-2/h5-8,11-14H,3-4H2,1-2H3/t11-,12+,13-,14-,17?,18?/m0/s1. The quantitative estimate of drug-likeness (QED) is 0.787. The van der Waals surface area contributed by atoms with Crippen molar-refractivity contribution in [2.24, 2.45) is 0 Å². The van der Waals surface area contributed by atoms with E-state index in [-0.39, 0.29) is 36.4 Å². The number of carbonyl (C=O) groups is 2. The summed E-state index contributed by atoms with van der Waals surface area (Å²) < 4.78 is 10.3. The van der Waals surface area contributed by atoms with Crippen molar-refractivity contribution in [1.82, 2.24) is 9.80 Å². The second-order valence-corrected chi connectivity index (χ2v) is 5.71. The highest BCUT2D eigenvalue weighted by molar-refractivity contribution is 5.79. The molecule has 0 radical (unpaired) electrons. The first-order chi connectivity index (χ1) is 10.7. The van der Waals surface area contributed by atoms with E-state index in [9.17, 15) is 9.59 Å². The smallest absolute Gasteiger partial charge is 0.410 e. The van der Waals surface area contributed by atoms with E-state index in [1.165, 1.54) is 0 Å². The van der Waals surface area contributed by atoms with Gasteiger partial charge in [0, 0.05) is 0 Å². The van der Waals surface area contributed by atoms with Crippen molar-refractivity contribution in [3.8, 4) is 0 Å². The van der Waals surface area contributed by atoms with E-state index < -0.39 is 0 Å². The Morgan fingerprint density at radius 3 is 1.68 bits per heavy atom. The van der Waals surface area contributed by atoms with Crippen LogP contribution in [0, 0.1) is 0 Å². The van der Waals surface area contributed by atoms with Crippen molar-refractivity contribution in [2.75, 3.05) is 13.2 Å². The van der Waals surface area contributed by atoms with Gasteiger partial charge >= 0.3 is 12.2 Å². The van der Waals surface area contributed by atoms with Gasteiger partial charge < -0.3 is 9.47 Å². The lowest BCUT2D eigenvalue weighted by atomic mass is 9.92. The van der Waals surface area contributed by atoms with Crippen LogP contribution in [0.25, 0.3) is 0 Å². The zero-order valence-electron chi connectivity index (χ0n) is 12.6. The van der Waals surface area contributed by atoms with Gasteiger partial charge in [0.15, 0.2) is 0 Å². The molecule has 0 spiro atoms. The van der Waals surface area contributed by atoms with Crippen molar-refractivity contribution >= 4 is 12.2 Å². The first-order valence-electron chi connectivity index (χ1n) is 7.69. The zero-order valence-corrected chi connectivity index (χ0v) is 12.6. The first kappa shape index (κ1) is 13.4. The fourth-order valence-corrected chi connectivity index (χ4v) is 3.79. The van der Waals surface area contributed by atoms with Gasteiger partial charge in [0.25, 0.3) is 0 Å². The molecule has 2 heterocycles. The van der Waals surface area contributed by atoms with Gasteiger partial charge in [-0.25, -0.2) is 9.59 Å². The lowest BCUT2D eigenvalue weighted by Crippen LogP contribution is -2.22. The monoisotopic (exact) mass is 302 g/mol. The van der Waals surface area contributed by atoms with E-state index in [0.29, 0.717) is 13.2 Å². The Balaban J connectivity index is 1.66. The molecule has 0 bridgehead atoms. The Morgan fingerprint density at radius 2 is 1.32 bits per heavy atom. The van der Waals surface area contributed by atoms with E-state index in [0.717, 1.165) is 11.1 Å². The molecular formula is C16H18N2O4. The first-order valence-corrected chi connectivity index (χ1v) is 7.69. The van der Waals surface area contributed by atoms with Gasteiger partial charge in [-0.3, -0.25) is 9.80 Å². The molecule has 2 fully saturated rings. The van der Waals surface area contributed by atoms with Gasteiger partial charge in [-0.05, 0) is 25.0 Å². The molecule has 0 saturated carbocycles. The largest absolute Gasteiger partial charge is 0.450 e. The molecule has 6 heteroatoms. The predicted octanol–water partition coefficient (Wildman–Crippen LogP) is 2.46. The average molecular weight is 302 g/mol. The number of hydrogen-bond donors (Lipinski definition) is 0. The number of fused-ring (bicyclic) bond motifs is 6. The normalized spacial score (nSPS) is 29.9. The number of rotatable bonds is 2. The molecule has 4 atom stereocenters. The maximum Gasteiger partial charge on any atom is 0.410 e. The molecule has 0 N–H and O–H groups in total. The maximum absolute atomic E-state index is 12.1. The summed E-state index contributed by atoms with van der Waals surface area (Å²) >= 11 is 0. The van der Waals surface area contributed by atoms with Gasteiger partial charge in [0.05, 0.1) is 37.4 Å². The van der Waals surface area contributed by atoms with Crippen molar-refractivity contribution in [3.05, 3.63) is 35.4 Å². The molecule has 0 unspecified atom stereocenters. The summed E-state index contributed by atoms with van der Waals surface area (Å²) in [6.45, 7) is 4.30. The summed E-state index contributed by atoms with van der Waals surface area (Å²) in [5.74, 6) is 0. The average Bonchev–Trinajstić information content (AvgIpc) is 3.39. The minimum atomic E-state index is -0.302. The Kier molecular flexibility index (Phi) is 2.82. The Labute approximate surface area is 128 Å². The minimum Gasteiger partial charge on any atom is -0.450 e. The molecule has 22 heavy (non-hydrogen) atoms. The van der Waals surface area contributed by atoms with Crippen LogP contribution >= 0.6 is 0 Å². The third kappa shape index (κ3) is 1.66. The van der Waals surface area contributed by atoms with Gasteiger partial charge in [-0.1, -0.05) is 24.3 Å². The maximum atomic E-state index is 12.1. The minimum absolute atomic E-state index is 0.0170. The van der Waals surface area contributed by atoms with Crippen LogP contribution in [0.4, 0.5) is 9.59 Å². The summed E-state index contributed by atoms with van der Waals surface area (Å²) in [4.78, 5) is 27.7. The van der Waals surface area contributed by atoms with Crippen molar-refractivity contribution in [2.45, 2.75) is 38.0 Å². The van der Waals surface area contributed by atoms with E-state index in [2.05, 4.69) is 0 Å². The van der Waals surface area contributed by atoms with Gasteiger partial charge in [-0.15, -0.1) is 0 Å². The molecule has 2 aliphatic heterocycles. The van der Waals surface area contributed by atoms with E-state index >= 15 is 0 Å². The molecule has 2 saturated heterocycles. The summed E-state index contributed by atoms with van der Waals surface area (Å²) in [5, 5.41) is 0. The van der Waals surface area contributed by atoms with Crippen LogP contribution in [-0.2, 0) is 9.47 Å². The van der Waals surface area contributed by atoms with Crippen LogP contribution in [0.1, 0.15) is 37.1 Å². The van der Waals surface area contributed by atoms with Crippen molar-refractivity contribution in [3.63, 3.8) is 0 Å². The lowest BCUT2D eigenvalue weighted by Gasteiger charge is -2.10. The van der Waals surface area contributed by atoms with Crippen LogP contribution < -0.4 is 0 Å².